The molecule has 7 heteroatoms. The standard InChI is InChI=1S/C13H18F3N3O/c1-19(2)8-10-3-5-11(6-4-10)18-12(20)7-17-9-13(14,15)16/h3-6,17H,7-9H2,1-2H3,(H,18,20). The van der Waals surface area contributed by atoms with Gasteiger partial charge in [-0.3, -0.25) is 4.79 Å². The minimum atomic E-state index is -4.31. The second kappa shape index (κ2) is 7.25. The fourth-order valence-corrected chi connectivity index (χ4v) is 1.58. The quantitative estimate of drug-likeness (QED) is 0.840. The number of hydrogen-bond donors (Lipinski definition) is 2. The van der Waals surface area contributed by atoms with E-state index in [4.69, 9.17) is 0 Å². The first-order chi connectivity index (χ1) is 9.26. The second-order valence-corrected chi connectivity index (χ2v) is 4.70. The third kappa shape index (κ3) is 7.10. The molecule has 1 amide bonds. The van der Waals surface area contributed by atoms with E-state index in [1.807, 2.05) is 36.4 Å². The molecule has 0 aliphatic carbocycles. The lowest BCUT2D eigenvalue weighted by Gasteiger charge is -2.11. The average molecular weight is 289 g/mol. The van der Waals surface area contributed by atoms with Crippen molar-refractivity contribution in [2.45, 2.75) is 12.7 Å². The van der Waals surface area contributed by atoms with Crippen LogP contribution in [-0.4, -0.2) is 44.2 Å². The predicted octanol–water partition coefficient (Wildman–Crippen LogP) is 1.84. The van der Waals surface area contributed by atoms with Gasteiger partial charge in [-0.2, -0.15) is 13.2 Å². The summed E-state index contributed by atoms with van der Waals surface area (Å²) in [6, 6.07) is 7.17. The Morgan fingerprint density at radius 1 is 1.20 bits per heavy atom. The van der Waals surface area contributed by atoms with E-state index in [0.29, 0.717) is 5.69 Å². The number of nitrogens with one attached hydrogen (secondary N) is 2. The van der Waals surface area contributed by atoms with Crippen molar-refractivity contribution in [1.29, 1.82) is 0 Å². The third-order valence-electron chi connectivity index (χ3n) is 2.35. The monoisotopic (exact) mass is 289 g/mol. The van der Waals surface area contributed by atoms with E-state index in [-0.39, 0.29) is 6.54 Å². The number of carbonyl (C=O) groups is 1. The summed E-state index contributed by atoms with van der Waals surface area (Å²) in [6.45, 7) is -0.775. The van der Waals surface area contributed by atoms with Crippen molar-refractivity contribution in [2.24, 2.45) is 0 Å². The van der Waals surface area contributed by atoms with Crippen molar-refractivity contribution in [2.75, 3.05) is 32.5 Å². The van der Waals surface area contributed by atoms with E-state index >= 15 is 0 Å². The van der Waals surface area contributed by atoms with Crippen LogP contribution in [0.5, 0.6) is 0 Å². The normalized spacial score (nSPS) is 11.7. The van der Waals surface area contributed by atoms with Crippen LogP contribution in [0, 0.1) is 0 Å². The van der Waals surface area contributed by atoms with Crippen LogP contribution in [0.3, 0.4) is 0 Å². The lowest BCUT2D eigenvalue weighted by molar-refractivity contribution is -0.126. The Hall–Kier alpha value is -1.60. The Morgan fingerprint density at radius 3 is 2.30 bits per heavy atom. The molecule has 0 saturated heterocycles. The van der Waals surface area contributed by atoms with Crippen LogP contribution in [-0.2, 0) is 11.3 Å². The summed E-state index contributed by atoms with van der Waals surface area (Å²) in [5.41, 5.74) is 1.65. The molecule has 1 rings (SSSR count). The molecule has 0 radical (unpaired) electrons. The van der Waals surface area contributed by atoms with Gasteiger partial charge in [-0.05, 0) is 31.8 Å². The second-order valence-electron chi connectivity index (χ2n) is 4.70. The highest BCUT2D eigenvalue weighted by Gasteiger charge is 2.26. The number of benzene rings is 1. The fourth-order valence-electron chi connectivity index (χ4n) is 1.58. The summed E-state index contributed by atoms with van der Waals surface area (Å²) in [4.78, 5) is 13.4. The van der Waals surface area contributed by atoms with Crippen molar-refractivity contribution in [3.63, 3.8) is 0 Å². The van der Waals surface area contributed by atoms with Gasteiger partial charge in [0.15, 0.2) is 0 Å². The van der Waals surface area contributed by atoms with Crippen molar-refractivity contribution >= 4 is 11.6 Å². The Morgan fingerprint density at radius 2 is 1.80 bits per heavy atom. The number of rotatable bonds is 6. The fraction of sp³-hybridized carbons (Fsp3) is 0.462. The zero-order valence-electron chi connectivity index (χ0n) is 11.4. The summed E-state index contributed by atoms with van der Waals surface area (Å²) < 4.78 is 35.7. The molecular weight excluding hydrogens is 271 g/mol. The van der Waals surface area contributed by atoms with Crippen molar-refractivity contribution in [3.05, 3.63) is 29.8 Å². The van der Waals surface area contributed by atoms with Crippen molar-refractivity contribution < 1.29 is 18.0 Å². The van der Waals surface area contributed by atoms with Gasteiger partial charge in [0.05, 0.1) is 13.1 Å². The highest BCUT2D eigenvalue weighted by Crippen LogP contribution is 2.12. The van der Waals surface area contributed by atoms with Crippen LogP contribution in [0.25, 0.3) is 0 Å². The van der Waals surface area contributed by atoms with Gasteiger partial charge in [0.1, 0.15) is 0 Å². The highest BCUT2D eigenvalue weighted by atomic mass is 19.4. The smallest absolute Gasteiger partial charge is 0.325 e. The minimum Gasteiger partial charge on any atom is -0.325 e. The maximum absolute atomic E-state index is 11.9. The molecule has 112 valence electrons. The first-order valence-corrected chi connectivity index (χ1v) is 6.07. The van der Waals surface area contributed by atoms with Gasteiger partial charge in [0, 0.05) is 12.2 Å². The van der Waals surface area contributed by atoms with E-state index in [1.54, 1.807) is 12.1 Å². The van der Waals surface area contributed by atoms with Gasteiger partial charge >= 0.3 is 6.18 Å². The van der Waals surface area contributed by atoms with Crippen LogP contribution in [0.1, 0.15) is 5.56 Å². The molecule has 0 heterocycles. The first-order valence-electron chi connectivity index (χ1n) is 6.07. The largest absolute Gasteiger partial charge is 0.401 e. The molecule has 0 unspecified atom stereocenters. The molecule has 0 fully saturated rings. The minimum absolute atomic E-state index is 0.376. The molecule has 20 heavy (non-hydrogen) atoms. The maximum Gasteiger partial charge on any atom is 0.401 e. The van der Waals surface area contributed by atoms with E-state index in [0.717, 1.165) is 12.1 Å². The van der Waals surface area contributed by atoms with Gasteiger partial charge in [0.2, 0.25) is 5.91 Å². The van der Waals surface area contributed by atoms with Crippen LogP contribution in [0.15, 0.2) is 24.3 Å². The van der Waals surface area contributed by atoms with Crippen molar-refractivity contribution in [1.82, 2.24) is 10.2 Å². The molecule has 0 aliphatic heterocycles. The lowest BCUT2D eigenvalue weighted by atomic mass is 10.2. The van der Waals surface area contributed by atoms with Gasteiger partial charge < -0.3 is 15.5 Å². The van der Waals surface area contributed by atoms with Gasteiger partial charge in [0.25, 0.3) is 0 Å². The Balaban J connectivity index is 2.38. The summed E-state index contributed by atoms with van der Waals surface area (Å²) >= 11 is 0. The summed E-state index contributed by atoms with van der Waals surface area (Å²) in [5, 5.41) is 4.57. The molecule has 0 aromatic heterocycles. The molecule has 0 spiro atoms. The highest BCUT2D eigenvalue weighted by molar-refractivity contribution is 5.92. The summed E-state index contributed by atoms with van der Waals surface area (Å²) in [5.74, 6) is -0.505. The number of alkyl halides is 3. The molecule has 4 nitrogen and oxygen atoms in total. The molecule has 0 atom stereocenters. The van der Waals surface area contributed by atoms with E-state index in [9.17, 15) is 18.0 Å². The number of halogens is 3. The zero-order chi connectivity index (χ0) is 15.2. The lowest BCUT2D eigenvalue weighted by Crippen LogP contribution is -2.35. The van der Waals surface area contributed by atoms with Gasteiger partial charge in [-0.1, -0.05) is 12.1 Å². The average Bonchev–Trinajstić information content (AvgIpc) is 2.29. The van der Waals surface area contributed by atoms with Gasteiger partial charge in [-0.15, -0.1) is 0 Å². The number of amides is 1. The molecular formula is C13H18F3N3O. The molecule has 0 bridgehead atoms. The molecule has 2 N–H and O–H groups in total. The Kier molecular flexibility index (Phi) is 5.97. The van der Waals surface area contributed by atoms with Crippen molar-refractivity contribution in [3.8, 4) is 0 Å². The Bertz CT molecular complexity index is 429. The van der Waals surface area contributed by atoms with Crippen LogP contribution in [0.4, 0.5) is 18.9 Å². The number of carbonyl (C=O) groups excluding carboxylic acids is 1. The predicted molar refractivity (Wildman–Crippen MR) is 71.4 cm³/mol. The molecule has 0 aliphatic rings. The zero-order valence-corrected chi connectivity index (χ0v) is 11.4. The maximum atomic E-state index is 11.9. The number of nitrogens with zero attached hydrogens (tertiary/aromatic N) is 1. The summed E-state index contributed by atoms with van der Waals surface area (Å²) in [7, 11) is 3.89. The molecule has 1 aromatic rings. The van der Waals surface area contributed by atoms with Crippen LogP contribution >= 0.6 is 0 Å². The van der Waals surface area contributed by atoms with E-state index in [1.165, 1.54) is 0 Å². The van der Waals surface area contributed by atoms with Gasteiger partial charge in [-0.25, -0.2) is 0 Å². The van der Waals surface area contributed by atoms with E-state index < -0.39 is 18.6 Å². The summed E-state index contributed by atoms with van der Waals surface area (Å²) in [6.07, 6.45) is -4.31. The van der Waals surface area contributed by atoms with Crippen LogP contribution in [0.2, 0.25) is 0 Å². The SMILES string of the molecule is CN(C)Cc1ccc(NC(=O)CNCC(F)(F)F)cc1. The van der Waals surface area contributed by atoms with Crippen LogP contribution < -0.4 is 10.6 Å². The van der Waals surface area contributed by atoms with E-state index in [2.05, 4.69) is 5.32 Å². The topological polar surface area (TPSA) is 44.4 Å². The Labute approximate surface area is 116 Å². The first kappa shape index (κ1) is 16.5. The number of anilines is 1. The molecule has 0 saturated carbocycles. The number of hydrogen-bond acceptors (Lipinski definition) is 3. The molecule has 1 aromatic carbocycles. The third-order valence-corrected chi connectivity index (χ3v) is 2.35.